The Kier molecular flexibility index (Phi) is 5.20. The molecule has 2 N–H and O–H groups in total. The number of hydrogen-bond acceptors (Lipinski definition) is 5. The molecular formula is C13H13N3O3S2. The molecule has 0 aliphatic heterocycles. The van der Waals surface area contributed by atoms with Crippen molar-refractivity contribution in [2.45, 2.75) is 4.90 Å². The lowest BCUT2D eigenvalue weighted by Gasteiger charge is -2.05. The molecule has 1 aromatic heterocycles. The molecule has 0 radical (unpaired) electrons. The first-order valence-electron chi connectivity index (χ1n) is 5.98. The van der Waals surface area contributed by atoms with Crippen LogP contribution in [0.15, 0.2) is 57.8 Å². The fourth-order valence-corrected chi connectivity index (χ4v) is 3.00. The van der Waals surface area contributed by atoms with E-state index >= 15 is 0 Å². The van der Waals surface area contributed by atoms with Crippen LogP contribution in [-0.2, 0) is 14.8 Å². The number of rotatable bonds is 6. The van der Waals surface area contributed by atoms with Gasteiger partial charge in [0.2, 0.25) is 10.0 Å². The van der Waals surface area contributed by atoms with Crippen molar-refractivity contribution in [1.29, 1.82) is 0 Å². The van der Waals surface area contributed by atoms with Crippen molar-refractivity contribution in [1.82, 2.24) is 10.1 Å². The summed E-state index contributed by atoms with van der Waals surface area (Å²) in [5, 5.41) is 5.62. The van der Waals surface area contributed by atoms with Gasteiger partial charge in [0.05, 0.1) is 17.7 Å². The predicted molar refractivity (Wildman–Crippen MR) is 81.7 cm³/mol. The third-order valence-corrected chi connectivity index (χ3v) is 4.62. The second kappa shape index (κ2) is 7.11. The molecule has 8 heteroatoms. The molecule has 0 saturated heterocycles. The van der Waals surface area contributed by atoms with Crippen LogP contribution < -0.4 is 10.1 Å². The Morgan fingerprint density at radius 3 is 2.62 bits per heavy atom. The van der Waals surface area contributed by atoms with Gasteiger partial charge in [0.15, 0.2) is 0 Å². The van der Waals surface area contributed by atoms with Crippen LogP contribution in [0.5, 0.6) is 0 Å². The topological polar surface area (TPSA) is 87.6 Å². The molecule has 1 amide bonds. The summed E-state index contributed by atoms with van der Waals surface area (Å²) in [7, 11) is -3.68. The quantitative estimate of drug-likeness (QED) is 0.618. The molecule has 1 aromatic carbocycles. The van der Waals surface area contributed by atoms with Gasteiger partial charge in [-0.2, -0.15) is 5.10 Å². The Bertz CT molecular complexity index is 710. The molecule has 1 heterocycles. The van der Waals surface area contributed by atoms with Gasteiger partial charge >= 0.3 is 0 Å². The van der Waals surface area contributed by atoms with Gasteiger partial charge < -0.3 is 0 Å². The van der Waals surface area contributed by atoms with Crippen molar-refractivity contribution in [3.8, 4) is 0 Å². The van der Waals surface area contributed by atoms with E-state index in [1.54, 1.807) is 18.2 Å². The average molecular weight is 323 g/mol. The van der Waals surface area contributed by atoms with E-state index in [1.807, 2.05) is 17.5 Å². The Labute approximate surface area is 126 Å². The molecule has 0 aliphatic carbocycles. The van der Waals surface area contributed by atoms with Gasteiger partial charge in [-0.3, -0.25) is 4.79 Å². The molecule has 2 aromatic rings. The lowest BCUT2D eigenvalue weighted by molar-refractivity contribution is -0.119. The van der Waals surface area contributed by atoms with Gasteiger partial charge in [-0.05, 0) is 23.6 Å². The lowest BCUT2D eigenvalue weighted by atomic mass is 10.4. The van der Waals surface area contributed by atoms with Crippen LogP contribution in [0.3, 0.4) is 0 Å². The number of hydrogen-bond donors (Lipinski definition) is 2. The summed E-state index contributed by atoms with van der Waals surface area (Å²) in [5.74, 6) is -0.540. The highest BCUT2D eigenvalue weighted by Crippen LogP contribution is 2.06. The molecule has 0 unspecified atom stereocenters. The predicted octanol–water partition coefficient (Wildman–Crippen LogP) is 1.18. The normalized spacial score (nSPS) is 11.6. The Balaban J connectivity index is 1.84. The highest BCUT2D eigenvalue weighted by atomic mass is 32.2. The molecule has 0 saturated carbocycles. The van der Waals surface area contributed by atoms with E-state index in [-0.39, 0.29) is 11.4 Å². The summed E-state index contributed by atoms with van der Waals surface area (Å²) < 4.78 is 25.9. The number of hydrazone groups is 1. The van der Waals surface area contributed by atoms with Gasteiger partial charge in [-0.25, -0.2) is 18.6 Å². The summed E-state index contributed by atoms with van der Waals surface area (Å²) in [4.78, 5) is 12.5. The van der Waals surface area contributed by atoms with Gasteiger partial charge in [0, 0.05) is 4.88 Å². The summed E-state index contributed by atoms with van der Waals surface area (Å²) in [6, 6.07) is 11.6. The summed E-state index contributed by atoms with van der Waals surface area (Å²) in [5.41, 5.74) is 2.26. The van der Waals surface area contributed by atoms with Crippen LogP contribution in [0.2, 0.25) is 0 Å². The molecule has 6 nitrogen and oxygen atoms in total. The molecule has 0 fully saturated rings. The first-order valence-corrected chi connectivity index (χ1v) is 8.34. The minimum Gasteiger partial charge on any atom is -0.272 e. The van der Waals surface area contributed by atoms with Gasteiger partial charge in [0.1, 0.15) is 0 Å². The number of thiophene rings is 1. The highest BCUT2D eigenvalue weighted by molar-refractivity contribution is 7.89. The van der Waals surface area contributed by atoms with Gasteiger partial charge in [0.25, 0.3) is 5.91 Å². The maximum atomic E-state index is 11.9. The van der Waals surface area contributed by atoms with Crippen molar-refractivity contribution >= 4 is 33.5 Å². The number of nitrogens with zero attached hydrogens (tertiary/aromatic N) is 1. The Hall–Kier alpha value is -2.03. The minimum absolute atomic E-state index is 0.111. The highest BCUT2D eigenvalue weighted by Gasteiger charge is 2.14. The first kappa shape index (κ1) is 15.4. The third kappa shape index (κ3) is 4.78. The summed E-state index contributed by atoms with van der Waals surface area (Å²) in [6.45, 7) is -0.376. The average Bonchev–Trinajstić information content (AvgIpc) is 2.99. The van der Waals surface area contributed by atoms with E-state index in [1.165, 1.54) is 29.7 Å². The molecule has 110 valence electrons. The van der Waals surface area contributed by atoms with Crippen LogP contribution in [-0.4, -0.2) is 27.1 Å². The van der Waals surface area contributed by atoms with Crippen molar-refractivity contribution in [3.63, 3.8) is 0 Å². The number of sulfonamides is 1. The number of nitrogens with one attached hydrogen (secondary N) is 2. The molecule has 0 atom stereocenters. The monoisotopic (exact) mass is 323 g/mol. The molecule has 0 bridgehead atoms. The molecule has 0 aliphatic rings. The number of benzene rings is 1. The third-order valence-electron chi connectivity index (χ3n) is 2.40. The van der Waals surface area contributed by atoms with E-state index in [4.69, 9.17) is 0 Å². The zero-order valence-electron chi connectivity index (χ0n) is 10.9. The number of carbonyl (C=O) groups is 1. The summed E-state index contributed by atoms with van der Waals surface area (Å²) >= 11 is 1.48. The van der Waals surface area contributed by atoms with E-state index < -0.39 is 15.9 Å². The van der Waals surface area contributed by atoms with Crippen molar-refractivity contribution in [2.75, 3.05) is 6.54 Å². The zero-order valence-corrected chi connectivity index (χ0v) is 12.5. The van der Waals surface area contributed by atoms with Crippen LogP contribution >= 0.6 is 11.3 Å². The van der Waals surface area contributed by atoms with E-state index in [9.17, 15) is 13.2 Å². The Morgan fingerprint density at radius 1 is 1.19 bits per heavy atom. The van der Waals surface area contributed by atoms with E-state index in [0.29, 0.717) is 0 Å². The van der Waals surface area contributed by atoms with E-state index in [2.05, 4.69) is 15.2 Å². The number of amides is 1. The van der Waals surface area contributed by atoms with Crippen LogP contribution in [0, 0.1) is 0 Å². The molecule has 0 spiro atoms. The van der Waals surface area contributed by atoms with Crippen LogP contribution in [0.25, 0.3) is 0 Å². The maximum absolute atomic E-state index is 11.9. The van der Waals surface area contributed by atoms with Crippen LogP contribution in [0.1, 0.15) is 4.88 Å². The number of carbonyl (C=O) groups excluding carboxylic acids is 1. The second-order valence-corrected chi connectivity index (χ2v) is 6.69. The molecule has 21 heavy (non-hydrogen) atoms. The fourth-order valence-electron chi connectivity index (χ4n) is 1.42. The van der Waals surface area contributed by atoms with Gasteiger partial charge in [-0.15, -0.1) is 11.3 Å². The van der Waals surface area contributed by atoms with Crippen molar-refractivity contribution < 1.29 is 13.2 Å². The first-order chi connectivity index (χ1) is 10.1. The fraction of sp³-hybridized carbons (Fsp3) is 0.0769. The lowest BCUT2D eigenvalue weighted by Crippen LogP contribution is -2.34. The Morgan fingerprint density at radius 2 is 1.95 bits per heavy atom. The smallest absolute Gasteiger partial charge is 0.255 e. The van der Waals surface area contributed by atoms with Crippen LogP contribution in [0.4, 0.5) is 0 Å². The second-order valence-electron chi connectivity index (χ2n) is 3.95. The SMILES string of the molecule is O=C(CNS(=O)(=O)c1ccccc1)N/N=C\c1cccs1. The van der Waals surface area contributed by atoms with Gasteiger partial charge in [-0.1, -0.05) is 24.3 Å². The van der Waals surface area contributed by atoms with E-state index in [0.717, 1.165) is 4.88 Å². The van der Waals surface area contributed by atoms with Crippen molar-refractivity contribution in [3.05, 3.63) is 52.7 Å². The standard InChI is InChI=1S/C13H13N3O3S2/c17-13(16-14-9-11-5-4-8-20-11)10-15-21(18,19)12-6-2-1-3-7-12/h1-9,15H,10H2,(H,16,17)/b14-9-. The molecular weight excluding hydrogens is 310 g/mol. The largest absolute Gasteiger partial charge is 0.272 e. The molecule has 2 rings (SSSR count). The maximum Gasteiger partial charge on any atom is 0.255 e. The summed E-state index contributed by atoms with van der Waals surface area (Å²) in [6.07, 6.45) is 1.49. The van der Waals surface area contributed by atoms with Crippen molar-refractivity contribution in [2.24, 2.45) is 5.10 Å². The minimum atomic E-state index is -3.68. The zero-order chi connectivity index (χ0) is 15.1.